The Morgan fingerprint density at radius 3 is 2.66 bits per heavy atom. The molecular formula is C45H60IN6O7-. The van der Waals surface area contributed by atoms with E-state index in [9.17, 15) is 24.3 Å². The van der Waals surface area contributed by atoms with Gasteiger partial charge in [0.2, 0.25) is 0 Å². The molecule has 1 unspecified atom stereocenters. The predicted octanol–water partition coefficient (Wildman–Crippen LogP) is 3.28. The molecule has 5 atom stereocenters. The van der Waals surface area contributed by atoms with Crippen LogP contribution in [0.1, 0.15) is 96.9 Å². The number of aryl methyl sites for hydroxylation is 1. The van der Waals surface area contributed by atoms with Crippen LogP contribution in [0, 0.1) is 17.3 Å². The molecule has 1 aliphatic carbocycles. The summed E-state index contributed by atoms with van der Waals surface area (Å²) in [5.41, 5.74) is 9.83. The molecule has 0 radical (unpaired) electrons. The molecule has 2 aromatic heterocycles. The van der Waals surface area contributed by atoms with E-state index in [1.165, 1.54) is 16.8 Å². The van der Waals surface area contributed by atoms with Crippen molar-refractivity contribution in [3.05, 3.63) is 71.3 Å². The molecule has 1 aromatic carbocycles. The number of allylic oxidation sites excluding steroid dienone is 3. The summed E-state index contributed by atoms with van der Waals surface area (Å²) in [6, 6.07) is 7.05. The van der Waals surface area contributed by atoms with Crippen LogP contribution in [0.5, 0.6) is 0 Å². The standard InChI is InChI=1S/C45H60IN6O7/c1-10-51-39-14-13-30-22-34(39)35(41(51)36-24-47-16-15-33(36)27(4)58-9)23-45(6,7)25-59-44(57)38-12-11-17-52(49-38)43(56)37(20-29-18-31(30)21-32(54)19-29)46-48-42(55)40(26(2)3)50(8)28(5)53/h13-16,19,21-22,24,26-27,29,37-38,40,49,54H,10-12,17-18,20,23,25H2,1-9H3,(H,48,55)/q-1/t27-,29?,37-,38-,40-/m0/s1. The van der Waals surface area contributed by atoms with Crippen molar-refractivity contribution in [3.63, 3.8) is 0 Å². The van der Waals surface area contributed by atoms with Gasteiger partial charge in [-0.3, -0.25) is 4.98 Å². The normalized spacial score (nSPS) is 22.3. The quantitative estimate of drug-likeness (QED) is 0.127. The van der Waals surface area contributed by atoms with Crippen LogP contribution in [-0.4, -0.2) is 91.6 Å². The molecule has 3 aliphatic rings. The summed E-state index contributed by atoms with van der Waals surface area (Å²) < 4.78 is 16.8. The molecule has 2 aliphatic heterocycles. The van der Waals surface area contributed by atoms with Crippen molar-refractivity contribution in [1.82, 2.24) is 28.4 Å². The van der Waals surface area contributed by atoms with Crippen molar-refractivity contribution < 1.29 is 55.2 Å². The molecule has 6 bridgehead atoms. The number of halogens is 1. The second-order valence-electron chi connectivity index (χ2n) is 17.2. The monoisotopic (exact) mass is 923 g/mol. The molecule has 1 saturated heterocycles. The Morgan fingerprint density at radius 1 is 1.20 bits per heavy atom. The Morgan fingerprint density at radius 2 is 1.97 bits per heavy atom. The van der Waals surface area contributed by atoms with Gasteiger partial charge in [0.25, 0.3) is 0 Å². The number of ether oxygens (including phenoxy) is 2. The third-order valence-corrected chi connectivity index (χ3v) is 14.5. The topological polar surface area (TPSA) is 155 Å². The van der Waals surface area contributed by atoms with E-state index in [-0.39, 0.29) is 48.0 Å². The number of aromatic nitrogens is 2. The van der Waals surface area contributed by atoms with Crippen LogP contribution in [-0.2, 0) is 41.6 Å². The zero-order valence-corrected chi connectivity index (χ0v) is 38.0. The third kappa shape index (κ3) is 9.70. The fourth-order valence-corrected chi connectivity index (χ4v) is 11.2. The summed E-state index contributed by atoms with van der Waals surface area (Å²) in [6.45, 7) is 14.8. The average Bonchev–Trinajstić information content (AvgIpc) is 3.51. The number of amides is 3. The fraction of sp³-hybridized carbons (Fsp3) is 0.533. The van der Waals surface area contributed by atoms with Gasteiger partial charge in [-0.1, -0.05) is 0 Å². The number of likely N-dealkylation sites (N-methyl/N-ethyl adjacent to an activating group) is 1. The minimum atomic E-state index is -1.30. The number of alkyl halides is 1. The summed E-state index contributed by atoms with van der Waals surface area (Å²) in [7, 11) is 3.32. The van der Waals surface area contributed by atoms with Crippen molar-refractivity contribution in [2.75, 3.05) is 27.3 Å². The molecule has 13 nitrogen and oxygen atoms in total. The minimum absolute atomic E-state index is 0.128. The Bertz CT molecular complexity index is 2140. The molecule has 3 N–H and O–H groups in total. The number of rotatable bonds is 9. The fourth-order valence-electron chi connectivity index (χ4n) is 8.68. The first-order valence-corrected chi connectivity index (χ1v) is 23.0. The van der Waals surface area contributed by atoms with Gasteiger partial charge in [0.15, 0.2) is 0 Å². The van der Waals surface area contributed by atoms with Crippen molar-refractivity contribution in [2.24, 2.45) is 17.3 Å². The van der Waals surface area contributed by atoms with E-state index in [4.69, 9.17) is 9.47 Å². The average molecular weight is 924 g/mol. The number of pyridine rings is 1. The number of nitrogens with zero attached hydrogens (tertiary/aromatic N) is 4. The van der Waals surface area contributed by atoms with Crippen LogP contribution in [0.3, 0.4) is 0 Å². The van der Waals surface area contributed by atoms with Gasteiger partial charge in [-0.05, 0) is 13.0 Å². The molecular weight excluding hydrogens is 863 g/mol. The summed E-state index contributed by atoms with van der Waals surface area (Å²) in [5, 5.41) is 13.8. The predicted molar refractivity (Wildman–Crippen MR) is 223 cm³/mol. The van der Waals surface area contributed by atoms with Crippen LogP contribution < -0.4 is 30.4 Å². The second kappa shape index (κ2) is 18.5. The zero-order chi connectivity index (χ0) is 42.8. The zero-order valence-electron chi connectivity index (χ0n) is 35.8. The molecule has 320 valence electrons. The van der Waals surface area contributed by atoms with Crippen LogP contribution in [0.15, 0.2) is 54.6 Å². The number of fused-ring (bicyclic) bond motifs is 6. The Labute approximate surface area is 358 Å². The SMILES string of the molecule is CCn1c(-c2cnccc2[C@H](C)OC)c2c3cc(ccc31)C1=CC(O)=CC(C1)C[C@H]([I-]NC(=O)[C@H](C(C)C)N(C)C(C)=O)C(=O)N1CCC[C@H](N1)C(=O)OCC(C)(C)C2. The molecule has 0 spiro atoms. The number of hydrogen-bond acceptors (Lipinski definition) is 9. The van der Waals surface area contributed by atoms with Gasteiger partial charge in [-0.25, -0.2) is 0 Å². The number of hydrazine groups is 1. The number of aliphatic hydroxyl groups is 1. The van der Waals surface area contributed by atoms with Crippen LogP contribution in [0.25, 0.3) is 27.7 Å². The van der Waals surface area contributed by atoms with Gasteiger partial charge in [-0.2, -0.15) is 0 Å². The van der Waals surface area contributed by atoms with Gasteiger partial charge in [0.1, 0.15) is 0 Å². The molecule has 6 rings (SSSR count). The van der Waals surface area contributed by atoms with E-state index in [1.807, 2.05) is 39.1 Å². The number of nitrogens with one attached hydrogen (secondary N) is 2. The molecule has 4 heterocycles. The summed E-state index contributed by atoms with van der Waals surface area (Å²) >= 11 is -1.30. The number of esters is 1. The van der Waals surface area contributed by atoms with Gasteiger partial charge in [-0.15, -0.1) is 0 Å². The van der Waals surface area contributed by atoms with E-state index in [2.05, 4.69) is 57.5 Å². The van der Waals surface area contributed by atoms with Crippen LogP contribution in [0.2, 0.25) is 0 Å². The van der Waals surface area contributed by atoms with Crippen molar-refractivity contribution in [2.45, 2.75) is 109 Å². The molecule has 59 heavy (non-hydrogen) atoms. The summed E-state index contributed by atoms with van der Waals surface area (Å²) in [6.07, 6.45) is 9.77. The van der Waals surface area contributed by atoms with Gasteiger partial charge >= 0.3 is 318 Å². The van der Waals surface area contributed by atoms with Gasteiger partial charge in [0, 0.05) is 13.3 Å². The number of methoxy groups -OCH3 is 1. The number of benzene rings is 1. The molecule has 3 amide bonds. The van der Waals surface area contributed by atoms with E-state index in [0.29, 0.717) is 45.2 Å². The van der Waals surface area contributed by atoms with Crippen LogP contribution in [0.4, 0.5) is 0 Å². The van der Waals surface area contributed by atoms with E-state index in [0.717, 1.165) is 44.4 Å². The molecule has 14 heteroatoms. The molecule has 3 aromatic rings. The van der Waals surface area contributed by atoms with Crippen molar-refractivity contribution >= 4 is 40.2 Å². The first-order valence-electron chi connectivity index (χ1n) is 20.7. The maximum atomic E-state index is 14.5. The first kappa shape index (κ1) is 44.3. The number of carbonyl (C=O) groups is 4. The van der Waals surface area contributed by atoms with Crippen LogP contribution >= 0.6 is 0 Å². The summed E-state index contributed by atoms with van der Waals surface area (Å²) in [5.74, 6) is -1.38. The number of hydrogen-bond donors (Lipinski definition) is 3. The first-order chi connectivity index (χ1) is 28.0. The van der Waals surface area contributed by atoms with E-state index >= 15 is 0 Å². The summed E-state index contributed by atoms with van der Waals surface area (Å²) in [4.78, 5) is 60.3. The number of aliphatic hydroxyl groups excluding tert-OH is 1. The van der Waals surface area contributed by atoms with Crippen molar-refractivity contribution in [3.8, 4) is 11.3 Å². The third-order valence-electron chi connectivity index (χ3n) is 11.8. The van der Waals surface area contributed by atoms with E-state index in [1.54, 1.807) is 26.4 Å². The Kier molecular flexibility index (Phi) is 13.9. The van der Waals surface area contributed by atoms with Gasteiger partial charge < -0.3 is 4.74 Å². The Balaban J connectivity index is 1.45. The van der Waals surface area contributed by atoms with Crippen molar-refractivity contribution in [1.29, 1.82) is 0 Å². The number of carbonyl (C=O) groups excluding carboxylic acids is 4. The molecule has 1 fully saturated rings. The maximum absolute atomic E-state index is 14.5. The molecule has 0 saturated carbocycles. The van der Waals surface area contributed by atoms with E-state index < -0.39 is 48.9 Å². The van der Waals surface area contributed by atoms with Gasteiger partial charge in [0.05, 0.1) is 6.10 Å². The number of cyclic esters (lactones) is 1. The Hall–Kier alpha value is -4.28. The second-order valence-corrected chi connectivity index (χ2v) is 19.9.